The van der Waals surface area contributed by atoms with Gasteiger partial charge in [-0.2, -0.15) is 10.4 Å². The van der Waals surface area contributed by atoms with Crippen LogP contribution in [0.1, 0.15) is 13.3 Å². The Bertz CT molecular complexity index is 1420. The predicted molar refractivity (Wildman–Crippen MR) is 113 cm³/mol. The van der Waals surface area contributed by atoms with Gasteiger partial charge >= 0.3 is 0 Å². The Morgan fingerprint density at radius 2 is 2.22 bits per heavy atom. The molecule has 1 fully saturated rings. The lowest BCUT2D eigenvalue weighted by Crippen LogP contribution is -2.15. The molecule has 0 radical (unpaired) electrons. The van der Waals surface area contributed by atoms with Crippen LogP contribution in [0.3, 0.4) is 0 Å². The first-order chi connectivity index (χ1) is 15.4. The molecule has 3 heterocycles. The van der Waals surface area contributed by atoms with Crippen LogP contribution < -0.4 is 10.6 Å². The molecular formula is C20H15ClF2N8O. The zero-order valence-corrected chi connectivity index (χ0v) is 17.3. The molecule has 3 atom stereocenters. The summed E-state index contributed by atoms with van der Waals surface area (Å²) < 4.78 is 29.8. The molecule has 1 amide bonds. The summed E-state index contributed by atoms with van der Waals surface area (Å²) in [5.41, 5.74) is 1.46. The summed E-state index contributed by atoms with van der Waals surface area (Å²) in [5.74, 6) is -1.55. The molecule has 5 rings (SSSR count). The molecule has 32 heavy (non-hydrogen) atoms. The van der Waals surface area contributed by atoms with Crippen LogP contribution in [0.25, 0.3) is 27.8 Å². The molecule has 1 unspecified atom stereocenters. The number of carbonyl (C=O) groups excluding carboxylic acids is 1. The Morgan fingerprint density at radius 3 is 2.94 bits per heavy atom. The number of nitriles is 1. The van der Waals surface area contributed by atoms with E-state index >= 15 is 4.39 Å². The Balaban J connectivity index is 1.56. The van der Waals surface area contributed by atoms with Gasteiger partial charge < -0.3 is 15.0 Å². The maximum absolute atomic E-state index is 15.1. The van der Waals surface area contributed by atoms with Gasteiger partial charge in [0.25, 0.3) is 0 Å². The van der Waals surface area contributed by atoms with E-state index in [1.54, 1.807) is 23.7 Å². The van der Waals surface area contributed by atoms with Crippen LogP contribution in [0.5, 0.6) is 0 Å². The molecule has 3 N–H and O–H groups in total. The first-order valence-corrected chi connectivity index (χ1v) is 10.1. The van der Waals surface area contributed by atoms with Gasteiger partial charge in [0.2, 0.25) is 5.91 Å². The lowest BCUT2D eigenvalue weighted by molar-refractivity contribution is -0.117. The molecule has 1 aromatic carbocycles. The number of imidazole rings is 1. The second kappa shape index (κ2) is 7.42. The quantitative estimate of drug-likeness (QED) is 0.421. The number of fused-ring (bicyclic) bond motifs is 2. The van der Waals surface area contributed by atoms with Crippen molar-refractivity contribution in [1.29, 1.82) is 5.26 Å². The molecule has 0 spiro atoms. The smallest absolute Gasteiger partial charge is 0.231 e. The van der Waals surface area contributed by atoms with Gasteiger partial charge in [-0.05, 0) is 13.3 Å². The third kappa shape index (κ3) is 3.29. The van der Waals surface area contributed by atoms with E-state index in [1.165, 1.54) is 12.4 Å². The molecule has 0 bridgehead atoms. The zero-order valence-electron chi connectivity index (χ0n) is 16.5. The van der Waals surface area contributed by atoms with Gasteiger partial charge in [-0.1, -0.05) is 11.6 Å². The van der Waals surface area contributed by atoms with Crippen LogP contribution in [0.2, 0.25) is 5.02 Å². The lowest BCUT2D eigenvalue weighted by Gasteiger charge is -2.14. The summed E-state index contributed by atoms with van der Waals surface area (Å²) in [4.78, 5) is 20.6. The third-order valence-corrected chi connectivity index (χ3v) is 5.60. The van der Waals surface area contributed by atoms with Crippen molar-refractivity contribution < 1.29 is 13.6 Å². The highest BCUT2D eigenvalue weighted by Gasteiger charge is 2.43. The van der Waals surface area contributed by atoms with Gasteiger partial charge in [-0.25, -0.2) is 13.8 Å². The van der Waals surface area contributed by atoms with Crippen LogP contribution in [0.4, 0.5) is 20.3 Å². The molecule has 1 aliphatic carbocycles. The summed E-state index contributed by atoms with van der Waals surface area (Å²) in [5, 5.41) is 21.5. The van der Waals surface area contributed by atoms with Gasteiger partial charge in [0, 0.05) is 17.1 Å². The molecule has 4 aromatic rings. The van der Waals surface area contributed by atoms with Crippen LogP contribution in [0, 0.1) is 23.1 Å². The molecule has 162 valence electrons. The normalized spacial score (nSPS) is 18.5. The van der Waals surface area contributed by atoms with E-state index in [0.717, 1.165) is 0 Å². The number of benzene rings is 1. The van der Waals surface area contributed by atoms with E-state index in [-0.39, 0.29) is 22.9 Å². The molecule has 12 heteroatoms. The zero-order chi connectivity index (χ0) is 22.6. The first kappa shape index (κ1) is 20.1. The summed E-state index contributed by atoms with van der Waals surface area (Å²) in [6.07, 6.45) is 5.19. The van der Waals surface area contributed by atoms with Gasteiger partial charge in [-0.15, -0.1) is 0 Å². The molecular weight excluding hydrogens is 442 g/mol. The van der Waals surface area contributed by atoms with E-state index in [9.17, 15) is 9.18 Å². The van der Waals surface area contributed by atoms with Gasteiger partial charge in [-0.3, -0.25) is 14.9 Å². The van der Waals surface area contributed by atoms with E-state index < -0.39 is 29.9 Å². The van der Waals surface area contributed by atoms with Gasteiger partial charge in [0.05, 0.1) is 52.5 Å². The van der Waals surface area contributed by atoms with Crippen molar-refractivity contribution in [1.82, 2.24) is 24.6 Å². The van der Waals surface area contributed by atoms with Crippen molar-refractivity contribution in [3.63, 3.8) is 0 Å². The van der Waals surface area contributed by atoms with Crippen LogP contribution in [-0.2, 0) is 4.79 Å². The average Bonchev–Trinajstić information content (AvgIpc) is 3.14. The number of anilines is 2. The Kier molecular flexibility index (Phi) is 4.67. The number of aromatic amines is 1. The number of alkyl halides is 1. The molecule has 1 saturated carbocycles. The number of nitrogens with one attached hydrogen (secondary N) is 3. The van der Waals surface area contributed by atoms with Crippen molar-refractivity contribution in [2.45, 2.75) is 25.6 Å². The SMILES string of the molecule is CC(C#N)Nc1c(F)c(Cl)c(-c2cn3cc(NC(=O)[C@@H]4C[C@@H]4F)nc3cn2)c2cn[nH]c12. The molecule has 1 aliphatic rings. The molecule has 0 saturated heterocycles. The number of nitrogens with zero attached hydrogens (tertiary/aromatic N) is 5. The summed E-state index contributed by atoms with van der Waals surface area (Å²) in [6, 6.07) is 1.33. The maximum atomic E-state index is 15.1. The monoisotopic (exact) mass is 456 g/mol. The summed E-state index contributed by atoms with van der Waals surface area (Å²) >= 11 is 6.38. The first-order valence-electron chi connectivity index (χ1n) is 9.67. The van der Waals surface area contributed by atoms with Crippen molar-refractivity contribution in [2.24, 2.45) is 5.92 Å². The average molecular weight is 457 g/mol. The second-order valence-corrected chi connectivity index (χ2v) is 7.92. The number of hydrogen-bond donors (Lipinski definition) is 3. The Hall–Kier alpha value is -3.78. The molecule has 0 aliphatic heterocycles. The van der Waals surface area contributed by atoms with Crippen molar-refractivity contribution in [2.75, 3.05) is 10.6 Å². The maximum Gasteiger partial charge on any atom is 0.231 e. The number of halogens is 3. The fraction of sp³-hybridized carbons (Fsp3) is 0.250. The number of H-pyrrole nitrogens is 1. The van der Waals surface area contributed by atoms with E-state index in [2.05, 4.69) is 30.8 Å². The highest BCUT2D eigenvalue weighted by Crippen LogP contribution is 2.41. The van der Waals surface area contributed by atoms with E-state index in [0.29, 0.717) is 27.8 Å². The summed E-state index contributed by atoms with van der Waals surface area (Å²) in [6.45, 7) is 1.59. The van der Waals surface area contributed by atoms with Crippen LogP contribution >= 0.6 is 11.6 Å². The summed E-state index contributed by atoms with van der Waals surface area (Å²) in [7, 11) is 0. The van der Waals surface area contributed by atoms with Crippen LogP contribution in [0.15, 0.2) is 24.8 Å². The van der Waals surface area contributed by atoms with Crippen molar-refractivity contribution in [3.8, 4) is 17.3 Å². The number of carbonyl (C=O) groups is 1. The fourth-order valence-electron chi connectivity index (χ4n) is 3.49. The largest absolute Gasteiger partial charge is 0.366 e. The number of hydrogen-bond acceptors (Lipinski definition) is 6. The van der Waals surface area contributed by atoms with Gasteiger partial charge in [0.15, 0.2) is 17.3 Å². The van der Waals surface area contributed by atoms with Crippen molar-refractivity contribution in [3.05, 3.63) is 35.6 Å². The Morgan fingerprint density at radius 1 is 1.44 bits per heavy atom. The predicted octanol–water partition coefficient (Wildman–Crippen LogP) is 3.69. The highest BCUT2D eigenvalue weighted by atomic mass is 35.5. The van der Waals surface area contributed by atoms with E-state index in [1.807, 2.05) is 6.07 Å². The second-order valence-electron chi connectivity index (χ2n) is 7.54. The third-order valence-electron chi connectivity index (χ3n) is 5.24. The standard InChI is InChI=1S/C20H15ClF2N8O/c1-8(3-24)27-19-17(23)16(21)15(10-4-26-30-18(10)19)12-6-31-7-13(28-14(31)5-25-12)29-20(32)9-2-11(9)22/h4-9,11,27H,2H2,1H3,(H,26,30)(H,29,32)/t8?,9-,11+/m1/s1. The topological polar surface area (TPSA) is 124 Å². The minimum absolute atomic E-state index is 0.0419. The lowest BCUT2D eigenvalue weighted by atomic mass is 10.1. The number of rotatable bonds is 5. The Labute approximate surface area is 184 Å². The van der Waals surface area contributed by atoms with Crippen molar-refractivity contribution >= 4 is 45.6 Å². The fourth-order valence-corrected chi connectivity index (χ4v) is 3.78. The number of amides is 1. The molecule has 9 nitrogen and oxygen atoms in total. The van der Waals surface area contributed by atoms with Crippen LogP contribution in [-0.4, -0.2) is 42.7 Å². The minimum atomic E-state index is -1.11. The van der Waals surface area contributed by atoms with Gasteiger partial charge in [0.1, 0.15) is 12.2 Å². The number of aromatic nitrogens is 5. The molecule has 3 aromatic heterocycles. The minimum Gasteiger partial charge on any atom is -0.366 e. The highest BCUT2D eigenvalue weighted by molar-refractivity contribution is 6.35. The van der Waals surface area contributed by atoms with E-state index in [4.69, 9.17) is 16.9 Å².